The number of hydrogen-bond donors (Lipinski definition) is 4. The zero-order chi connectivity index (χ0) is 50.3. The van der Waals surface area contributed by atoms with E-state index in [2.05, 4.69) is 18.2 Å². The molecule has 0 aliphatic heterocycles. The van der Waals surface area contributed by atoms with Gasteiger partial charge in [0.15, 0.2) is 0 Å². The molecule has 5 nitrogen and oxygen atoms in total. The number of halogens is 16. The molecular formula is C44H38F16O5S2. The summed E-state index contributed by atoms with van der Waals surface area (Å²) in [4.78, 5) is 2.15. The van der Waals surface area contributed by atoms with Crippen molar-refractivity contribution in [3.63, 3.8) is 0 Å². The molecule has 6 aromatic rings. The van der Waals surface area contributed by atoms with Crippen LogP contribution >= 0.6 is 22.7 Å². The first-order chi connectivity index (χ1) is 31.0. The number of phenolic OH excluding ortho intramolecular Hbond substituents is 1. The Hall–Kier alpha value is -4.84. The molecule has 0 atom stereocenters. The predicted molar refractivity (Wildman–Crippen MR) is 221 cm³/mol. The minimum Gasteiger partial charge on any atom is -0.508 e. The molecule has 0 radical (unpaired) electrons. The Morgan fingerprint density at radius 1 is 0.403 bits per heavy atom. The van der Waals surface area contributed by atoms with E-state index in [-0.39, 0.29) is 5.75 Å². The average molecular weight is 1010 g/mol. The Morgan fingerprint density at radius 3 is 1.12 bits per heavy atom. The second-order valence-corrected chi connectivity index (χ2v) is 16.7. The number of fused-ring (bicyclic) bond motifs is 2. The molecule has 0 saturated carbocycles. The third-order valence-electron chi connectivity index (χ3n) is 9.70. The summed E-state index contributed by atoms with van der Waals surface area (Å²) in [6, 6.07) is 33.7. The molecule has 2 heterocycles. The van der Waals surface area contributed by atoms with E-state index in [1.807, 2.05) is 66.7 Å². The van der Waals surface area contributed by atoms with Gasteiger partial charge in [-0.15, -0.1) is 22.7 Å². The maximum Gasteiger partial charge on any atom is 0.378 e. The number of aromatic hydroxyl groups is 1. The lowest BCUT2D eigenvalue weighted by atomic mass is 9.95. The highest BCUT2D eigenvalue weighted by atomic mass is 32.1. The molecule has 0 amide bonds. The number of thiophene rings is 2. The van der Waals surface area contributed by atoms with Gasteiger partial charge in [-0.2, -0.15) is 70.2 Å². The highest BCUT2D eigenvalue weighted by Crippen LogP contribution is 2.56. The summed E-state index contributed by atoms with van der Waals surface area (Å²) < 4.78 is 218. The molecule has 6 rings (SSSR count). The van der Waals surface area contributed by atoms with Gasteiger partial charge in [0.25, 0.3) is 0 Å². The first kappa shape index (κ1) is 54.8. The number of hydrogen-bond acceptors (Lipinski definition) is 7. The average Bonchev–Trinajstić information content (AvgIpc) is 3.89. The van der Waals surface area contributed by atoms with Gasteiger partial charge in [-0.05, 0) is 70.4 Å². The van der Waals surface area contributed by atoms with Gasteiger partial charge in [0.1, 0.15) is 11.5 Å². The summed E-state index contributed by atoms with van der Waals surface area (Å²) in [7, 11) is 0. The van der Waals surface area contributed by atoms with Crippen LogP contribution in [0.4, 0.5) is 70.2 Å². The van der Waals surface area contributed by atoms with Gasteiger partial charge in [0.05, 0.1) is 13.0 Å². The van der Waals surface area contributed by atoms with Crippen molar-refractivity contribution < 1.29 is 95.4 Å². The normalized spacial score (nSPS) is 13.2. The Bertz CT molecular complexity index is 2470. The van der Waals surface area contributed by atoms with Crippen LogP contribution in [0.25, 0.3) is 41.1 Å². The minimum absolute atomic E-state index is 0.0282. The molecule has 0 aliphatic rings. The molecule has 0 aliphatic carbocycles. The number of benzene rings is 4. The molecule has 4 N–H and O–H groups in total. The minimum atomic E-state index is -6.38. The fourth-order valence-corrected chi connectivity index (χ4v) is 8.07. The van der Waals surface area contributed by atoms with Crippen LogP contribution in [-0.4, -0.2) is 94.2 Å². The van der Waals surface area contributed by atoms with E-state index in [9.17, 15) is 75.4 Å². The maximum atomic E-state index is 13.9. The standard InChI is InChI=1S/C22H18F8O2S.C14H10OS.C8H10F8O2/c23-19(24,8-10-31)21(27,28)22(29,30)20(25,26)9-11-32-16-7-6-15-12-17(33-18(15)13-16)14-4-2-1-3-5-14;15-12-7-6-11-8-13(16-14(11)9-12)10-4-2-1-3-5-10;9-5(10,1-3-17)7(13,14)8(15,16)6(11,12)2-4-18/h1-7,12-13,31H,8-11H2;1-9,15H;17-18H,1-4H2. The quantitative estimate of drug-likeness (QED) is 0.0644. The lowest BCUT2D eigenvalue weighted by molar-refractivity contribution is -0.369. The smallest absolute Gasteiger partial charge is 0.378 e. The van der Waals surface area contributed by atoms with E-state index in [4.69, 9.17) is 20.1 Å². The molecule has 368 valence electrons. The van der Waals surface area contributed by atoms with Crippen molar-refractivity contribution in [2.45, 2.75) is 73.1 Å². The molecule has 67 heavy (non-hydrogen) atoms. The number of aliphatic hydroxyl groups is 3. The number of aliphatic hydroxyl groups excluding tert-OH is 3. The fourth-order valence-electron chi connectivity index (χ4n) is 5.88. The second-order valence-electron chi connectivity index (χ2n) is 14.5. The van der Waals surface area contributed by atoms with Gasteiger partial charge in [-0.25, -0.2) is 0 Å². The summed E-state index contributed by atoms with van der Waals surface area (Å²) in [5.74, 6) is -47.2. The highest BCUT2D eigenvalue weighted by Gasteiger charge is 2.80. The van der Waals surface area contributed by atoms with Crippen molar-refractivity contribution in [2.75, 3.05) is 26.4 Å². The molecule has 23 heteroatoms. The summed E-state index contributed by atoms with van der Waals surface area (Å²) in [6.45, 7) is -5.86. The second kappa shape index (κ2) is 21.2. The Morgan fingerprint density at radius 2 is 0.746 bits per heavy atom. The maximum absolute atomic E-state index is 13.9. The van der Waals surface area contributed by atoms with Gasteiger partial charge in [0.2, 0.25) is 0 Å². The number of rotatable bonds is 18. The van der Waals surface area contributed by atoms with Gasteiger partial charge in [-0.1, -0.05) is 60.7 Å². The Labute approximate surface area is 378 Å². The van der Waals surface area contributed by atoms with Gasteiger partial charge >= 0.3 is 47.4 Å². The summed E-state index contributed by atoms with van der Waals surface area (Å²) >= 11 is 3.07. The molecule has 0 unspecified atom stereocenters. The summed E-state index contributed by atoms with van der Waals surface area (Å²) in [6.07, 6.45) is -8.20. The topological polar surface area (TPSA) is 90.2 Å². The van der Waals surface area contributed by atoms with Crippen molar-refractivity contribution >= 4 is 42.8 Å². The van der Waals surface area contributed by atoms with Crippen LogP contribution in [0.2, 0.25) is 0 Å². The molecule has 0 spiro atoms. The van der Waals surface area contributed by atoms with Gasteiger partial charge in [0, 0.05) is 58.2 Å². The van der Waals surface area contributed by atoms with Gasteiger partial charge < -0.3 is 25.2 Å². The van der Waals surface area contributed by atoms with Crippen LogP contribution in [-0.2, 0) is 0 Å². The Balaban J connectivity index is 0.000000242. The van der Waals surface area contributed by atoms with Crippen molar-refractivity contribution in [3.8, 4) is 32.4 Å². The highest BCUT2D eigenvalue weighted by molar-refractivity contribution is 7.22. The number of ether oxygens (including phenoxy) is 1. The van der Waals surface area contributed by atoms with E-state index in [0.717, 1.165) is 20.5 Å². The fraction of sp³-hybridized carbons (Fsp3) is 0.364. The number of alkyl halides is 16. The lowest BCUT2D eigenvalue weighted by Gasteiger charge is -2.36. The van der Waals surface area contributed by atoms with Crippen molar-refractivity contribution in [1.82, 2.24) is 0 Å². The first-order valence-corrected chi connectivity index (χ1v) is 21.0. The van der Waals surface area contributed by atoms with Crippen LogP contribution in [0.3, 0.4) is 0 Å². The summed E-state index contributed by atoms with van der Waals surface area (Å²) in [5.41, 5.74) is 2.17. The third-order valence-corrected chi connectivity index (χ3v) is 12.0. The molecule has 4 aromatic carbocycles. The van der Waals surface area contributed by atoms with Crippen molar-refractivity contribution in [1.29, 1.82) is 0 Å². The lowest BCUT2D eigenvalue weighted by Crippen LogP contribution is -2.62. The van der Waals surface area contributed by atoms with Crippen LogP contribution in [0.15, 0.2) is 109 Å². The monoisotopic (exact) mass is 1010 g/mol. The predicted octanol–water partition coefficient (Wildman–Crippen LogP) is 13.8. The SMILES string of the molecule is OCCC(F)(F)C(F)(F)C(F)(F)C(F)(F)CCO.OCCC(F)(F)C(F)(F)C(F)(F)C(F)(F)CCOc1ccc2cc(-c3ccccc3)sc2c1.Oc1ccc2cc(-c3ccccc3)sc2c1. The van der Waals surface area contributed by atoms with Crippen LogP contribution < -0.4 is 4.74 Å². The van der Waals surface area contributed by atoms with Crippen molar-refractivity contribution in [2.24, 2.45) is 0 Å². The first-order valence-electron chi connectivity index (χ1n) is 19.4. The summed E-state index contributed by atoms with van der Waals surface area (Å²) in [5, 5.41) is 35.9. The van der Waals surface area contributed by atoms with Crippen molar-refractivity contribution in [3.05, 3.63) is 109 Å². The van der Waals surface area contributed by atoms with E-state index >= 15 is 0 Å². The molecular weight excluding hydrogens is 977 g/mol. The van der Waals surface area contributed by atoms with E-state index in [1.165, 1.54) is 39.3 Å². The Kier molecular flexibility index (Phi) is 17.3. The molecule has 0 saturated heterocycles. The van der Waals surface area contributed by atoms with Gasteiger partial charge in [-0.3, -0.25) is 0 Å². The third kappa shape index (κ3) is 11.9. The van der Waals surface area contributed by atoms with Crippen LogP contribution in [0, 0.1) is 0 Å². The molecule has 0 fully saturated rings. The molecule has 0 bridgehead atoms. The molecule has 2 aromatic heterocycles. The van der Waals surface area contributed by atoms with E-state index in [0.29, 0.717) is 10.4 Å². The number of phenols is 1. The van der Waals surface area contributed by atoms with Crippen LogP contribution in [0.1, 0.15) is 25.7 Å². The largest absolute Gasteiger partial charge is 0.508 e. The van der Waals surface area contributed by atoms with E-state index in [1.54, 1.807) is 23.5 Å². The zero-order valence-corrected chi connectivity index (χ0v) is 35.7. The van der Waals surface area contributed by atoms with Crippen LogP contribution in [0.5, 0.6) is 11.5 Å². The zero-order valence-electron chi connectivity index (χ0n) is 34.1. The van der Waals surface area contributed by atoms with E-state index < -0.39 is 99.5 Å².